The van der Waals surface area contributed by atoms with Gasteiger partial charge in [-0.3, -0.25) is 19.8 Å². The van der Waals surface area contributed by atoms with Gasteiger partial charge < -0.3 is 34.7 Å². The molecule has 4 N–H and O–H groups in total. The monoisotopic (exact) mass is 845 g/mol. The number of carbonyl (C=O) groups is 2. The number of nitrogens with zero attached hydrogens (tertiary/aromatic N) is 6. The van der Waals surface area contributed by atoms with Gasteiger partial charge in [-0.15, -0.1) is 0 Å². The minimum Gasteiger partial charge on any atom is -0.455 e. The lowest BCUT2D eigenvalue weighted by Gasteiger charge is -2.56. The highest BCUT2D eigenvalue weighted by molar-refractivity contribution is 7.90. The molecule has 3 aromatic heterocycles. The van der Waals surface area contributed by atoms with Gasteiger partial charge in [0.2, 0.25) is 5.82 Å². The molecule has 2 amide bonds. The van der Waals surface area contributed by atoms with Gasteiger partial charge >= 0.3 is 11.8 Å². The standard InChI is InChI=1S/C41H51N9O9S/c1-40(53)8-5-27(6-9-40)24-43-37-34(50(54)55)21-32(26-45-37)60(56,57)46-38(51)33-4-3-29(20-35(33)59-31-19-28-7-12-42-36(28)44-25-31)47-13-10-41(11-14-47)22-30(23-41)48-15-17-49(18-16-48)39(52)58-2/h3-4,7,12,19-21,25-27,30,53H,5-6,8-11,13-18,22-24H2,1-2H3,(H,42,44)(H,43,45)(H,46,51). The van der Waals surface area contributed by atoms with Crippen molar-refractivity contribution < 1.29 is 37.5 Å². The van der Waals surface area contributed by atoms with Gasteiger partial charge in [0, 0.05) is 81.3 Å². The highest BCUT2D eigenvalue weighted by Crippen LogP contribution is 2.51. The summed E-state index contributed by atoms with van der Waals surface area (Å²) >= 11 is 0. The lowest BCUT2D eigenvalue weighted by molar-refractivity contribution is -0.384. The van der Waals surface area contributed by atoms with Crippen LogP contribution in [0.2, 0.25) is 0 Å². The number of nitrogens with one attached hydrogen (secondary N) is 3. The van der Waals surface area contributed by atoms with Crippen LogP contribution in [0.25, 0.3) is 11.0 Å². The summed E-state index contributed by atoms with van der Waals surface area (Å²) in [6, 6.07) is 9.99. The number of nitro groups is 1. The van der Waals surface area contributed by atoms with E-state index in [2.05, 4.69) is 34.8 Å². The van der Waals surface area contributed by atoms with Crippen LogP contribution in [0.3, 0.4) is 0 Å². The van der Waals surface area contributed by atoms with Crippen LogP contribution in [0.1, 0.15) is 68.6 Å². The smallest absolute Gasteiger partial charge is 0.409 e. The van der Waals surface area contributed by atoms with Gasteiger partial charge in [0.15, 0.2) is 0 Å². The van der Waals surface area contributed by atoms with Crippen LogP contribution in [-0.4, -0.2) is 120 Å². The Hall–Kier alpha value is -5.53. The molecule has 0 atom stereocenters. The molecule has 4 aliphatic rings. The summed E-state index contributed by atoms with van der Waals surface area (Å²) in [4.78, 5) is 54.6. The summed E-state index contributed by atoms with van der Waals surface area (Å²) in [6.07, 6.45) is 10.9. The molecule has 320 valence electrons. The Morgan fingerprint density at radius 1 is 1.00 bits per heavy atom. The Balaban J connectivity index is 0.956. The third-order valence-electron chi connectivity index (χ3n) is 12.9. The van der Waals surface area contributed by atoms with Crippen molar-refractivity contribution in [1.82, 2.24) is 29.5 Å². The zero-order chi connectivity index (χ0) is 42.2. The number of pyridine rings is 2. The first kappa shape index (κ1) is 41.2. The molecule has 60 heavy (non-hydrogen) atoms. The molecule has 2 saturated heterocycles. The van der Waals surface area contributed by atoms with Crippen LogP contribution >= 0.6 is 0 Å². The van der Waals surface area contributed by atoms with Gasteiger partial charge in [-0.2, -0.15) is 0 Å². The zero-order valence-electron chi connectivity index (χ0n) is 33.8. The molecule has 18 nitrogen and oxygen atoms in total. The number of benzene rings is 1. The average Bonchev–Trinajstić information content (AvgIpc) is 3.70. The molecule has 4 fully saturated rings. The fraction of sp³-hybridized carbons (Fsp3) is 0.512. The zero-order valence-corrected chi connectivity index (χ0v) is 34.6. The van der Waals surface area contributed by atoms with E-state index in [-0.39, 0.29) is 34.6 Å². The third kappa shape index (κ3) is 8.83. The molecule has 0 radical (unpaired) electrons. The van der Waals surface area contributed by atoms with E-state index < -0.39 is 37.0 Å². The van der Waals surface area contributed by atoms with Crippen molar-refractivity contribution in [3.05, 3.63) is 70.7 Å². The van der Waals surface area contributed by atoms with E-state index in [1.807, 2.05) is 6.07 Å². The number of aromatic amines is 1. The molecule has 5 heterocycles. The highest BCUT2D eigenvalue weighted by Gasteiger charge is 2.48. The number of H-pyrrole nitrogens is 1. The molecule has 19 heteroatoms. The molecular formula is C41H51N9O9S. The SMILES string of the molecule is COC(=O)N1CCN(C2CC3(CCN(c4ccc(C(=O)NS(=O)(=O)c5cnc(NCC6CCC(C)(O)CC6)c([N+](=O)[O-])c5)c(Oc5cnc6[nH]ccc6c5)c4)CC3)C2)CC1. The Kier molecular flexibility index (Phi) is 11.3. The van der Waals surface area contributed by atoms with Crippen molar-refractivity contribution in [3.8, 4) is 11.5 Å². The molecule has 2 saturated carbocycles. The van der Waals surface area contributed by atoms with Gasteiger partial charge in [-0.1, -0.05) is 0 Å². The van der Waals surface area contributed by atoms with Crippen molar-refractivity contribution in [3.63, 3.8) is 0 Å². The average molecular weight is 846 g/mol. The third-order valence-corrected chi connectivity index (χ3v) is 14.2. The van der Waals surface area contributed by atoms with E-state index in [1.54, 1.807) is 36.2 Å². The predicted octanol–water partition coefficient (Wildman–Crippen LogP) is 5.26. The number of methoxy groups -OCH3 is 1. The van der Waals surface area contributed by atoms with Gasteiger partial charge in [-0.25, -0.2) is 27.9 Å². The maximum Gasteiger partial charge on any atom is 0.409 e. The van der Waals surface area contributed by atoms with E-state index in [0.29, 0.717) is 49.9 Å². The number of hydrogen-bond acceptors (Lipinski definition) is 14. The number of aliphatic hydroxyl groups is 1. The fourth-order valence-electron chi connectivity index (χ4n) is 9.16. The Labute approximate surface area is 347 Å². The Morgan fingerprint density at radius 3 is 2.43 bits per heavy atom. The van der Waals surface area contributed by atoms with Crippen LogP contribution in [0.15, 0.2) is 59.9 Å². The van der Waals surface area contributed by atoms with Crippen LogP contribution in [0.4, 0.5) is 22.0 Å². The number of sulfonamides is 1. The number of amides is 2. The van der Waals surface area contributed by atoms with Gasteiger partial charge in [0.25, 0.3) is 15.9 Å². The fourth-order valence-corrected chi connectivity index (χ4v) is 10.1. The van der Waals surface area contributed by atoms with E-state index >= 15 is 0 Å². The molecule has 2 aliphatic carbocycles. The minimum atomic E-state index is -4.63. The quantitative estimate of drug-likeness (QED) is 0.112. The van der Waals surface area contributed by atoms with Crippen LogP contribution < -0.4 is 19.7 Å². The summed E-state index contributed by atoms with van der Waals surface area (Å²) in [6.45, 7) is 6.76. The second kappa shape index (κ2) is 16.5. The normalized spacial score (nSPS) is 22.3. The van der Waals surface area contributed by atoms with E-state index in [0.717, 1.165) is 88.0 Å². The molecule has 2 aliphatic heterocycles. The molecular weight excluding hydrogens is 795 g/mol. The maximum absolute atomic E-state index is 13.9. The van der Waals surface area contributed by atoms with Crippen LogP contribution in [-0.2, 0) is 14.8 Å². The second-order valence-corrected chi connectivity index (χ2v) is 18.6. The van der Waals surface area contributed by atoms with Gasteiger partial charge in [0.1, 0.15) is 22.0 Å². The van der Waals surface area contributed by atoms with E-state index in [9.17, 15) is 33.2 Å². The van der Waals surface area contributed by atoms with E-state index in [4.69, 9.17) is 9.47 Å². The largest absolute Gasteiger partial charge is 0.455 e. The highest BCUT2D eigenvalue weighted by atomic mass is 32.2. The van der Waals surface area contributed by atoms with Gasteiger partial charge in [0.05, 0.1) is 35.6 Å². The second-order valence-electron chi connectivity index (χ2n) is 17.0. The first-order valence-electron chi connectivity index (χ1n) is 20.4. The lowest BCUT2D eigenvalue weighted by atomic mass is 9.60. The number of ether oxygens (including phenoxy) is 2. The van der Waals surface area contributed by atoms with Crippen molar-refractivity contribution in [2.45, 2.75) is 74.8 Å². The number of hydrogen-bond donors (Lipinski definition) is 4. The number of piperidine rings is 1. The van der Waals surface area contributed by atoms with Crippen LogP contribution in [0, 0.1) is 21.4 Å². The molecule has 0 bridgehead atoms. The number of aromatic nitrogens is 3. The molecule has 0 unspecified atom stereocenters. The summed E-state index contributed by atoms with van der Waals surface area (Å²) in [5.74, 6) is -0.466. The molecule has 4 aromatic rings. The first-order valence-corrected chi connectivity index (χ1v) is 21.9. The summed E-state index contributed by atoms with van der Waals surface area (Å²) < 4.78 is 40.5. The van der Waals surface area contributed by atoms with Crippen LogP contribution in [0.5, 0.6) is 11.5 Å². The Morgan fingerprint density at radius 2 is 1.73 bits per heavy atom. The maximum atomic E-state index is 13.9. The van der Waals surface area contributed by atoms with Crippen molar-refractivity contribution in [1.29, 1.82) is 0 Å². The number of fused-ring (bicyclic) bond motifs is 1. The topological polar surface area (TPSA) is 225 Å². The molecule has 1 spiro atoms. The van der Waals surface area contributed by atoms with Crippen molar-refractivity contribution in [2.24, 2.45) is 11.3 Å². The lowest BCUT2D eigenvalue weighted by Crippen LogP contribution is -2.59. The molecule has 1 aromatic carbocycles. The summed E-state index contributed by atoms with van der Waals surface area (Å²) in [7, 11) is -3.22. The minimum absolute atomic E-state index is 0.0636. The van der Waals surface area contributed by atoms with Crippen molar-refractivity contribution in [2.75, 3.05) is 63.1 Å². The number of anilines is 2. The number of piperazine rings is 1. The summed E-state index contributed by atoms with van der Waals surface area (Å²) in [5, 5.41) is 26.1. The van der Waals surface area contributed by atoms with E-state index in [1.165, 1.54) is 19.4 Å². The predicted molar refractivity (Wildman–Crippen MR) is 222 cm³/mol. The summed E-state index contributed by atoms with van der Waals surface area (Å²) in [5.41, 5.74) is 0.376. The number of carbonyl (C=O) groups excluding carboxylic acids is 2. The Bertz CT molecular complexity index is 2360. The first-order chi connectivity index (χ1) is 28.7. The van der Waals surface area contributed by atoms with Gasteiger partial charge in [-0.05, 0) is 93.9 Å². The van der Waals surface area contributed by atoms with Crippen molar-refractivity contribution >= 4 is 50.2 Å². The molecule has 8 rings (SSSR count). The number of rotatable bonds is 11.